The zero-order chi connectivity index (χ0) is 13.7. The molecule has 0 aromatic heterocycles. The lowest BCUT2D eigenvalue weighted by Gasteiger charge is -2.19. The molecule has 0 amide bonds. The van der Waals surface area contributed by atoms with Gasteiger partial charge in [0.1, 0.15) is 6.10 Å². The Kier molecular flexibility index (Phi) is 4.97. The molecule has 2 rings (SSSR count). The van der Waals surface area contributed by atoms with E-state index in [2.05, 4.69) is 13.8 Å². The Morgan fingerprint density at radius 2 is 1.74 bits per heavy atom. The molecule has 0 saturated heterocycles. The smallest absolute Gasteiger partial charge is 0.293 e. The van der Waals surface area contributed by atoms with E-state index in [9.17, 15) is 4.79 Å². The third-order valence-corrected chi connectivity index (χ3v) is 3.63. The van der Waals surface area contributed by atoms with Gasteiger partial charge in [-0.15, -0.1) is 0 Å². The van der Waals surface area contributed by atoms with E-state index in [0.29, 0.717) is 11.5 Å². The van der Waals surface area contributed by atoms with Crippen molar-refractivity contribution in [3.05, 3.63) is 35.4 Å². The third-order valence-electron chi connectivity index (χ3n) is 3.63. The van der Waals surface area contributed by atoms with Crippen LogP contribution in [0.3, 0.4) is 0 Å². The molecule has 0 radical (unpaired) electrons. The van der Waals surface area contributed by atoms with Gasteiger partial charge in [-0.1, -0.05) is 45.2 Å². The first kappa shape index (κ1) is 14.1. The highest BCUT2D eigenvalue weighted by molar-refractivity contribution is 5.88. The van der Waals surface area contributed by atoms with Gasteiger partial charge >= 0.3 is 5.97 Å². The van der Waals surface area contributed by atoms with Gasteiger partial charge in [-0.25, -0.2) is 4.79 Å². The average Bonchev–Trinajstić information content (AvgIpc) is 2.46. The van der Waals surface area contributed by atoms with Gasteiger partial charge in [0.05, 0.1) is 5.56 Å². The Hall–Kier alpha value is -1.35. The molecule has 3 heteroatoms. The van der Waals surface area contributed by atoms with Crippen LogP contribution in [-0.4, -0.2) is 12.1 Å². The third kappa shape index (κ3) is 4.06. The average molecular weight is 262 g/mol. The molecule has 0 unspecified atom stereocenters. The standard InChI is InChI=1S/C16H22O3/c1-12(2)13-8-10-14(11-9-13)16(17)19-18-15-6-4-3-5-7-15/h8-12,15H,3-7H2,1-2H3. The monoisotopic (exact) mass is 262 g/mol. The molecule has 1 aliphatic carbocycles. The van der Waals surface area contributed by atoms with Gasteiger partial charge in [0, 0.05) is 0 Å². The molecule has 1 aromatic rings. The molecule has 0 aliphatic heterocycles. The van der Waals surface area contributed by atoms with Crippen molar-refractivity contribution in [2.24, 2.45) is 0 Å². The van der Waals surface area contributed by atoms with Crippen molar-refractivity contribution in [3.8, 4) is 0 Å². The number of carbonyl (C=O) groups excluding carboxylic acids is 1. The van der Waals surface area contributed by atoms with Crippen LogP contribution in [0.25, 0.3) is 0 Å². The van der Waals surface area contributed by atoms with Crippen LogP contribution in [0.2, 0.25) is 0 Å². The maximum absolute atomic E-state index is 11.8. The van der Waals surface area contributed by atoms with Crippen LogP contribution < -0.4 is 0 Å². The maximum Gasteiger partial charge on any atom is 0.373 e. The molecule has 0 bridgehead atoms. The molecule has 0 N–H and O–H groups in total. The maximum atomic E-state index is 11.8. The number of hydrogen-bond acceptors (Lipinski definition) is 3. The molecule has 0 spiro atoms. The Balaban J connectivity index is 1.85. The Labute approximate surface area is 114 Å². The van der Waals surface area contributed by atoms with E-state index in [1.807, 2.05) is 12.1 Å². The van der Waals surface area contributed by atoms with Crippen molar-refractivity contribution in [1.82, 2.24) is 0 Å². The summed E-state index contributed by atoms with van der Waals surface area (Å²) in [6, 6.07) is 7.51. The Morgan fingerprint density at radius 3 is 2.32 bits per heavy atom. The highest BCUT2D eigenvalue weighted by Gasteiger charge is 2.17. The first-order valence-electron chi connectivity index (χ1n) is 7.14. The normalized spacial score (nSPS) is 16.6. The summed E-state index contributed by atoms with van der Waals surface area (Å²) >= 11 is 0. The van der Waals surface area contributed by atoms with Crippen LogP contribution >= 0.6 is 0 Å². The first-order chi connectivity index (χ1) is 9.16. The lowest BCUT2D eigenvalue weighted by Crippen LogP contribution is -2.19. The second-order valence-corrected chi connectivity index (χ2v) is 5.50. The van der Waals surface area contributed by atoms with Crippen LogP contribution in [0.1, 0.15) is 67.8 Å². The van der Waals surface area contributed by atoms with Gasteiger partial charge in [0.25, 0.3) is 0 Å². The fraction of sp³-hybridized carbons (Fsp3) is 0.562. The van der Waals surface area contributed by atoms with Crippen molar-refractivity contribution in [2.45, 2.75) is 58.0 Å². The SMILES string of the molecule is CC(C)c1ccc(C(=O)OOC2CCCCC2)cc1. The topological polar surface area (TPSA) is 35.5 Å². The summed E-state index contributed by atoms with van der Waals surface area (Å²) in [5.41, 5.74) is 1.75. The van der Waals surface area contributed by atoms with E-state index in [0.717, 1.165) is 25.7 Å². The second-order valence-electron chi connectivity index (χ2n) is 5.50. The lowest BCUT2D eigenvalue weighted by atomic mass is 9.98. The Bertz CT molecular complexity index is 403. The van der Waals surface area contributed by atoms with Crippen LogP contribution in [0.4, 0.5) is 0 Å². The zero-order valence-electron chi connectivity index (χ0n) is 11.7. The van der Waals surface area contributed by atoms with E-state index < -0.39 is 5.97 Å². The summed E-state index contributed by atoms with van der Waals surface area (Å²) in [5.74, 6) is 0.0597. The second kappa shape index (κ2) is 6.71. The molecule has 19 heavy (non-hydrogen) atoms. The summed E-state index contributed by atoms with van der Waals surface area (Å²) in [7, 11) is 0. The van der Waals surface area contributed by atoms with Gasteiger partial charge in [-0.05, 0) is 36.5 Å². The summed E-state index contributed by atoms with van der Waals surface area (Å²) in [6.07, 6.45) is 5.62. The van der Waals surface area contributed by atoms with Crippen LogP contribution in [-0.2, 0) is 9.78 Å². The molecule has 1 saturated carbocycles. The van der Waals surface area contributed by atoms with Crippen LogP contribution in [0.15, 0.2) is 24.3 Å². The minimum absolute atomic E-state index is 0.0765. The molecule has 104 valence electrons. The fourth-order valence-electron chi connectivity index (χ4n) is 2.33. The molecule has 3 nitrogen and oxygen atoms in total. The number of hydrogen-bond donors (Lipinski definition) is 0. The molecule has 1 aliphatic rings. The summed E-state index contributed by atoms with van der Waals surface area (Å²) < 4.78 is 0. The van der Waals surface area contributed by atoms with E-state index >= 15 is 0 Å². The number of carbonyl (C=O) groups is 1. The molecule has 1 fully saturated rings. The molecular formula is C16H22O3. The van der Waals surface area contributed by atoms with Gasteiger partial charge in [-0.2, -0.15) is 4.89 Å². The van der Waals surface area contributed by atoms with Gasteiger partial charge in [-0.3, -0.25) is 4.89 Å². The van der Waals surface area contributed by atoms with Crippen molar-refractivity contribution in [1.29, 1.82) is 0 Å². The molecular weight excluding hydrogens is 240 g/mol. The van der Waals surface area contributed by atoms with E-state index in [1.165, 1.54) is 12.0 Å². The fourth-order valence-corrected chi connectivity index (χ4v) is 2.33. The van der Waals surface area contributed by atoms with E-state index in [1.54, 1.807) is 12.1 Å². The van der Waals surface area contributed by atoms with Gasteiger partial charge < -0.3 is 0 Å². The minimum Gasteiger partial charge on any atom is -0.293 e. The van der Waals surface area contributed by atoms with E-state index in [-0.39, 0.29) is 6.10 Å². The summed E-state index contributed by atoms with van der Waals surface area (Å²) in [5, 5.41) is 0. The highest BCUT2D eigenvalue weighted by atomic mass is 17.2. The predicted molar refractivity (Wildman–Crippen MR) is 73.9 cm³/mol. The zero-order valence-corrected chi connectivity index (χ0v) is 11.7. The van der Waals surface area contributed by atoms with Gasteiger partial charge in [0.15, 0.2) is 0 Å². The van der Waals surface area contributed by atoms with Gasteiger partial charge in [0.2, 0.25) is 0 Å². The Morgan fingerprint density at radius 1 is 1.11 bits per heavy atom. The van der Waals surface area contributed by atoms with Crippen LogP contribution in [0.5, 0.6) is 0 Å². The van der Waals surface area contributed by atoms with Crippen molar-refractivity contribution < 1.29 is 14.6 Å². The summed E-state index contributed by atoms with van der Waals surface area (Å²) in [4.78, 5) is 22.0. The number of rotatable bonds is 4. The predicted octanol–water partition coefficient (Wildman–Crippen LogP) is 4.23. The quantitative estimate of drug-likeness (QED) is 0.601. The van der Waals surface area contributed by atoms with E-state index in [4.69, 9.17) is 9.78 Å². The molecule has 0 atom stereocenters. The lowest BCUT2D eigenvalue weighted by molar-refractivity contribution is -0.279. The minimum atomic E-state index is -0.402. The van der Waals surface area contributed by atoms with Crippen molar-refractivity contribution in [3.63, 3.8) is 0 Å². The number of benzene rings is 1. The molecule has 0 heterocycles. The summed E-state index contributed by atoms with van der Waals surface area (Å²) in [6.45, 7) is 4.25. The first-order valence-corrected chi connectivity index (χ1v) is 7.14. The largest absolute Gasteiger partial charge is 0.373 e. The molecule has 1 aromatic carbocycles. The highest BCUT2D eigenvalue weighted by Crippen LogP contribution is 2.21. The van der Waals surface area contributed by atoms with Crippen molar-refractivity contribution in [2.75, 3.05) is 0 Å². The van der Waals surface area contributed by atoms with Crippen LogP contribution in [0, 0.1) is 0 Å². The van der Waals surface area contributed by atoms with Crippen molar-refractivity contribution >= 4 is 5.97 Å².